The van der Waals surface area contributed by atoms with Crippen LogP contribution in [0, 0.1) is 0 Å². The summed E-state index contributed by atoms with van der Waals surface area (Å²) in [6.07, 6.45) is 4.92. The second-order valence-electron chi connectivity index (χ2n) is 5.36. The van der Waals surface area contributed by atoms with E-state index in [1.807, 2.05) is 38.1 Å². The second-order valence-corrected chi connectivity index (χ2v) is 6.27. The smallest absolute Gasteiger partial charge is 0.260 e. The van der Waals surface area contributed by atoms with Crippen molar-refractivity contribution in [2.24, 2.45) is 0 Å². The largest absolute Gasteiger partial charge is 0.307 e. The van der Waals surface area contributed by atoms with Crippen LogP contribution < -0.4 is 5.32 Å². The number of hydrogen-bond donors (Lipinski definition) is 1. The van der Waals surface area contributed by atoms with Gasteiger partial charge in [-0.25, -0.2) is 9.36 Å². The minimum atomic E-state index is -0.212. The van der Waals surface area contributed by atoms with Gasteiger partial charge in [0.2, 0.25) is 0 Å². The van der Waals surface area contributed by atoms with E-state index in [1.54, 1.807) is 34.0 Å². The van der Waals surface area contributed by atoms with E-state index in [0.29, 0.717) is 11.4 Å². The minimum absolute atomic E-state index is 0.172. The molecule has 0 aliphatic rings. The molecule has 0 atom stereocenters. The normalized spacial score (nSPS) is 11.0. The lowest BCUT2D eigenvalue weighted by molar-refractivity contribution is 0.102. The van der Waals surface area contributed by atoms with Crippen molar-refractivity contribution in [2.75, 3.05) is 5.32 Å². The highest BCUT2D eigenvalue weighted by Gasteiger charge is 2.13. The molecule has 2 aromatic heterocycles. The highest BCUT2D eigenvalue weighted by molar-refractivity contribution is 9.10. The number of rotatable bonds is 4. The molecule has 1 N–H and O–H groups in total. The number of hydrogen-bond acceptors (Lipinski definition) is 3. The third kappa shape index (κ3) is 3.34. The average Bonchev–Trinajstić information content (AvgIpc) is 3.16. The highest BCUT2D eigenvalue weighted by Crippen LogP contribution is 2.16. The predicted octanol–water partition coefficient (Wildman–Crippen LogP) is 3.66. The van der Waals surface area contributed by atoms with Crippen molar-refractivity contribution >= 4 is 27.7 Å². The molecule has 23 heavy (non-hydrogen) atoms. The van der Waals surface area contributed by atoms with E-state index in [2.05, 4.69) is 31.4 Å². The lowest BCUT2D eigenvalue weighted by atomic mass is 10.3. The fraction of sp³-hybridized carbons (Fsp3) is 0.188. The Morgan fingerprint density at radius 3 is 2.61 bits per heavy atom. The standard InChI is InChI=1S/C16H16BrN5O/c1-11(2)22-15(7-8-18-22)20-16(23)12-9-19-21(10-12)14-5-3-13(17)4-6-14/h3-11H,1-2H3,(H,20,23). The predicted molar refractivity (Wildman–Crippen MR) is 91.8 cm³/mol. The third-order valence-electron chi connectivity index (χ3n) is 3.34. The van der Waals surface area contributed by atoms with Gasteiger partial charge in [0.05, 0.1) is 23.6 Å². The van der Waals surface area contributed by atoms with E-state index in [-0.39, 0.29) is 11.9 Å². The van der Waals surface area contributed by atoms with Crippen LogP contribution in [0.3, 0.4) is 0 Å². The molecule has 0 fully saturated rings. The summed E-state index contributed by atoms with van der Waals surface area (Å²) < 4.78 is 4.42. The zero-order valence-electron chi connectivity index (χ0n) is 12.8. The zero-order chi connectivity index (χ0) is 16.4. The van der Waals surface area contributed by atoms with Crippen LogP contribution in [-0.4, -0.2) is 25.5 Å². The molecule has 0 saturated heterocycles. The molecular weight excluding hydrogens is 358 g/mol. The first-order valence-corrected chi connectivity index (χ1v) is 7.99. The van der Waals surface area contributed by atoms with Crippen LogP contribution in [-0.2, 0) is 0 Å². The number of nitrogens with one attached hydrogen (secondary N) is 1. The Bertz CT molecular complexity index is 819. The summed E-state index contributed by atoms with van der Waals surface area (Å²) >= 11 is 3.40. The molecule has 0 aliphatic heterocycles. The first-order chi connectivity index (χ1) is 11.0. The summed E-state index contributed by atoms with van der Waals surface area (Å²) in [7, 11) is 0. The average molecular weight is 374 g/mol. The third-order valence-corrected chi connectivity index (χ3v) is 3.87. The molecule has 7 heteroatoms. The zero-order valence-corrected chi connectivity index (χ0v) is 14.4. The molecule has 0 bridgehead atoms. The highest BCUT2D eigenvalue weighted by atomic mass is 79.9. The molecule has 6 nitrogen and oxygen atoms in total. The quantitative estimate of drug-likeness (QED) is 0.758. The molecule has 1 aromatic carbocycles. The van der Waals surface area contributed by atoms with E-state index < -0.39 is 0 Å². The van der Waals surface area contributed by atoms with Crippen molar-refractivity contribution in [2.45, 2.75) is 19.9 Å². The summed E-state index contributed by atoms with van der Waals surface area (Å²) in [4.78, 5) is 12.4. The number of halogens is 1. The van der Waals surface area contributed by atoms with Crippen LogP contribution in [0.25, 0.3) is 5.69 Å². The summed E-state index contributed by atoms with van der Waals surface area (Å²) in [6, 6.07) is 9.65. The Kier molecular flexibility index (Phi) is 4.29. The molecule has 0 spiro atoms. The molecule has 0 unspecified atom stereocenters. The van der Waals surface area contributed by atoms with Crippen molar-refractivity contribution in [1.82, 2.24) is 19.6 Å². The Labute approximate surface area is 142 Å². The topological polar surface area (TPSA) is 64.7 Å². The van der Waals surface area contributed by atoms with E-state index in [4.69, 9.17) is 0 Å². The molecule has 3 aromatic rings. The lowest BCUT2D eigenvalue weighted by Crippen LogP contribution is -2.16. The van der Waals surface area contributed by atoms with Crippen LogP contribution in [0.2, 0.25) is 0 Å². The number of benzene rings is 1. The van der Waals surface area contributed by atoms with Gasteiger partial charge in [-0.05, 0) is 38.1 Å². The van der Waals surface area contributed by atoms with Gasteiger partial charge < -0.3 is 5.32 Å². The van der Waals surface area contributed by atoms with Crippen LogP contribution in [0.4, 0.5) is 5.82 Å². The van der Waals surface area contributed by atoms with Gasteiger partial charge in [0.25, 0.3) is 5.91 Å². The fourth-order valence-electron chi connectivity index (χ4n) is 2.19. The van der Waals surface area contributed by atoms with Gasteiger partial charge in [-0.15, -0.1) is 0 Å². The van der Waals surface area contributed by atoms with Gasteiger partial charge >= 0.3 is 0 Å². The van der Waals surface area contributed by atoms with E-state index >= 15 is 0 Å². The maximum absolute atomic E-state index is 12.4. The summed E-state index contributed by atoms with van der Waals surface area (Å²) in [6.45, 7) is 4.02. The fourth-order valence-corrected chi connectivity index (χ4v) is 2.45. The SMILES string of the molecule is CC(C)n1nccc1NC(=O)c1cnn(-c2ccc(Br)cc2)c1. The molecule has 0 radical (unpaired) electrons. The number of carbonyl (C=O) groups excluding carboxylic acids is 1. The van der Waals surface area contributed by atoms with Gasteiger partial charge in [0, 0.05) is 22.8 Å². The molecule has 0 aliphatic carbocycles. The molecule has 3 rings (SSSR count). The summed E-state index contributed by atoms with van der Waals surface area (Å²) in [5.41, 5.74) is 1.38. The Morgan fingerprint density at radius 2 is 1.91 bits per heavy atom. The van der Waals surface area contributed by atoms with Crippen LogP contribution in [0.15, 0.2) is 53.4 Å². The Hall–Kier alpha value is -2.41. The van der Waals surface area contributed by atoms with Crippen LogP contribution in [0.5, 0.6) is 0 Å². The number of carbonyl (C=O) groups is 1. The van der Waals surface area contributed by atoms with Gasteiger partial charge in [-0.1, -0.05) is 15.9 Å². The molecular formula is C16H16BrN5O. The Balaban J connectivity index is 1.78. The van der Waals surface area contributed by atoms with Gasteiger partial charge in [0.15, 0.2) is 0 Å². The van der Waals surface area contributed by atoms with Crippen molar-refractivity contribution in [3.8, 4) is 5.69 Å². The van der Waals surface area contributed by atoms with Gasteiger partial charge in [0.1, 0.15) is 5.82 Å². The molecule has 0 saturated carbocycles. The lowest BCUT2D eigenvalue weighted by Gasteiger charge is -2.11. The number of anilines is 1. The number of aromatic nitrogens is 4. The van der Waals surface area contributed by atoms with Crippen molar-refractivity contribution in [1.29, 1.82) is 0 Å². The van der Waals surface area contributed by atoms with E-state index in [9.17, 15) is 4.79 Å². The van der Waals surface area contributed by atoms with Crippen molar-refractivity contribution in [3.63, 3.8) is 0 Å². The molecule has 1 amide bonds. The maximum atomic E-state index is 12.4. The maximum Gasteiger partial charge on any atom is 0.260 e. The summed E-state index contributed by atoms with van der Waals surface area (Å²) in [5.74, 6) is 0.456. The first-order valence-electron chi connectivity index (χ1n) is 7.20. The van der Waals surface area contributed by atoms with Crippen molar-refractivity contribution in [3.05, 3.63) is 59.0 Å². The van der Waals surface area contributed by atoms with E-state index in [1.165, 1.54) is 0 Å². The van der Waals surface area contributed by atoms with E-state index in [0.717, 1.165) is 10.2 Å². The number of nitrogens with zero attached hydrogens (tertiary/aromatic N) is 4. The monoisotopic (exact) mass is 373 g/mol. The first kappa shape index (κ1) is 15.5. The Morgan fingerprint density at radius 1 is 1.17 bits per heavy atom. The van der Waals surface area contributed by atoms with Crippen molar-refractivity contribution < 1.29 is 4.79 Å². The van der Waals surface area contributed by atoms with Gasteiger partial charge in [-0.2, -0.15) is 10.2 Å². The molecule has 2 heterocycles. The molecule has 118 valence electrons. The summed E-state index contributed by atoms with van der Waals surface area (Å²) in [5, 5.41) is 11.3. The van der Waals surface area contributed by atoms with Crippen LogP contribution in [0.1, 0.15) is 30.2 Å². The second kappa shape index (κ2) is 6.37. The number of amides is 1. The minimum Gasteiger partial charge on any atom is -0.307 e. The van der Waals surface area contributed by atoms with Crippen LogP contribution >= 0.6 is 15.9 Å². The van der Waals surface area contributed by atoms with Gasteiger partial charge in [-0.3, -0.25) is 4.79 Å².